The number of fused-ring (bicyclic) bond motifs is 2. The molecule has 2 aromatic heterocycles. The molecule has 0 saturated heterocycles. The van der Waals surface area contributed by atoms with Crippen molar-refractivity contribution in [2.24, 2.45) is 5.41 Å². The summed E-state index contributed by atoms with van der Waals surface area (Å²) in [5.41, 5.74) is -0.146. The van der Waals surface area contributed by atoms with Crippen molar-refractivity contribution in [1.29, 1.82) is 0 Å². The molecule has 2 heterocycles. The van der Waals surface area contributed by atoms with Crippen molar-refractivity contribution < 1.29 is 16.8 Å². The van der Waals surface area contributed by atoms with Crippen LogP contribution in [-0.4, -0.2) is 33.3 Å². The second-order valence-corrected chi connectivity index (χ2v) is 14.9. The number of hydrogen-bond donors (Lipinski definition) is 1. The second-order valence-electron chi connectivity index (χ2n) is 9.03. The van der Waals surface area contributed by atoms with E-state index >= 15 is 0 Å². The highest BCUT2D eigenvalue weighted by Crippen LogP contribution is 2.31. The molecule has 198 valence electrons. The fraction of sp³-hybridized carbons (Fsp3) is 0.217. The van der Waals surface area contributed by atoms with E-state index in [2.05, 4.69) is 14.7 Å². The van der Waals surface area contributed by atoms with Gasteiger partial charge in [0, 0.05) is 51.2 Å². The summed E-state index contributed by atoms with van der Waals surface area (Å²) in [6.45, 7) is 6.21. The minimum Gasteiger partial charge on any atom is -0.242 e. The zero-order chi connectivity index (χ0) is 27.8. The maximum atomic E-state index is 12.3. The van der Waals surface area contributed by atoms with Crippen molar-refractivity contribution in [2.75, 3.05) is 6.54 Å². The van der Waals surface area contributed by atoms with Crippen molar-refractivity contribution in [3.05, 3.63) is 69.1 Å². The van der Waals surface area contributed by atoms with Crippen LogP contribution in [0.4, 0.5) is 0 Å². The van der Waals surface area contributed by atoms with Gasteiger partial charge in [-0.1, -0.05) is 79.3 Å². The average molecular weight is 644 g/mol. The van der Waals surface area contributed by atoms with Crippen LogP contribution in [0.25, 0.3) is 21.5 Å². The lowest BCUT2D eigenvalue weighted by Crippen LogP contribution is -2.32. The third-order valence-corrected chi connectivity index (χ3v) is 8.86. The second kappa shape index (κ2) is 11.4. The standard InChI is InChI=1S/C14H16Cl2N2O2S.C9H4Cl3NO2S/c1-14(2,3)8-18-21(19,20)9-4-5-10-11(6-9)13(16)17-7-12(10)15;10-8-4-13-9(11)7-3-5(16(12,14)15)1-2-6(7)8/h4-7,18H,8H2,1-3H3;1-4H. The van der Waals surface area contributed by atoms with Crippen molar-refractivity contribution in [1.82, 2.24) is 14.7 Å². The molecule has 7 nitrogen and oxygen atoms in total. The molecule has 0 bridgehead atoms. The SMILES string of the molecule is CC(C)(C)CNS(=O)(=O)c1ccc2c(Cl)cnc(Cl)c2c1.O=S(=O)(Cl)c1ccc2c(Cl)cnc(Cl)c2c1. The molecular weight excluding hydrogens is 624 g/mol. The molecule has 0 aliphatic carbocycles. The van der Waals surface area contributed by atoms with Gasteiger partial charge < -0.3 is 0 Å². The highest BCUT2D eigenvalue weighted by molar-refractivity contribution is 8.13. The van der Waals surface area contributed by atoms with E-state index in [-0.39, 0.29) is 25.5 Å². The number of aromatic nitrogens is 2. The monoisotopic (exact) mass is 641 g/mol. The van der Waals surface area contributed by atoms with Gasteiger partial charge in [-0.05, 0) is 29.7 Å². The summed E-state index contributed by atoms with van der Waals surface area (Å²) in [4.78, 5) is 7.87. The van der Waals surface area contributed by atoms with Crippen LogP contribution in [0.1, 0.15) is 20.8 Å². The number of hydrogen-bond acceptors (Lipinski definition) is 6. The van der Waals surface area contributed by atoms with Gasteiger partial charge in [0.2, 0.25) is 10.0 Å². The number of halogens is 5. The molecule has 4 aromatic rings. The van der Waals surface area contributed by atoms with Crippen LogP contribution in [0.15, 0.2) is 58.6 Å². The molecule has 0 saturated carbocycles. The lowest BCUT2D eigenvalue weighted by molar-refractivity contribution is 0.407. The van der Waals surface area contributed by atoms with Crippen molar-refractivity contribution >= 4 is 97.7 Å². The summed E-state index contributed by atoms with van der Waals surface area (Å²) in [5.74, 6) is 0. The van der Waals surface area contributed by atoms with E-state index in [9.17, 15) is 16.8 Å². The van der Waals surface area contributed by atoms with Crippen molar-refractivity contribution in [3.63, 3.8) is 0 Å². The van der Waals surface area contributed by atoms with Gasteiger partial charge in [0.25, 0.3) is 9.05 Å². The van der Waals surface area contributed by atoms with Crippen LogP contribution in [0.2, 0.25) is 20.4 Å². The van der Waals surface area contributed by atoms with Gasteiger partial charge in [-0.25, -0.2) is 31.5 Å². The van der Waals surface area contributed by atoms with Crippen LogP contribution in [-0.2, 0) is 19.1 Å². The quantitative estimate of drug-likeness (QED) is 0.184. The van der Waals surface area contributed by atoms with E-state index in [1.807, 2.05) is 20.8 Å². The first kappa shape index (κ1) is 30.1. The lowest BCUT2D eigenvalue weighted by atomic mass is 9.98. The highest BCUT2D eigenvalue weighted by Gasteiger charge is 2.20. The number of pyridine rings is 2. The van der Waals surface area contributed by atoms with Gasteiger partial charge in [-0.15, -0.1) is 0 Å². The number of nitrogens with zero attached hydrogens (tertiary/aromatic N) is 2. The van der Waals surface area contributed by atoms with E-state index in [1.165, 1.54) is 36.7 Å². The molecule has 1 N–H and O–H groups in total. The molecule has 2 aromatic carbocycles. The zero-order valence-electron chi connectivity index (χ0n) is 19.6. The Kier molecular flexibility index (Phi) is 9.24. The van der Waals surface area contributed by atoms with Crippen LogP contribution in [0.5, 0.6) is 0 Å². The highest BCUT2D eigenvalue weighted by atomic mass is 35.7. The largest absolute Gasteiger partial charge is 0.261 e. The third-order valence-electron chi connectivity index (χ3n) is 4.91. The first-order chi connectivity index (χ1) is 17.0. The zero-order valence-corrected chi connectivity index (χ0v) is 25.0. The molecule has 4 rings (SSSR count). The molecule has 0 radical (unpaired) electrons. The van der Waals surface area contributed by atoms with E-state index in [1.54, 1.807) is 12.1 Å². The Morgan fingerprint density at radius 1 is 0.730 bits per heavy atom. The van der Waals surface area contributed by atoms with Gasteiger partial charge in [-0.2, -0.15) is 0 Å². The molecule has 0 aliphatic heterocycles. The van der Waals surface area contributed by atoms with Crippen molar-refractivity contribution in [2.45, 2.75) is 30.6 Å². The van der Waals surface area contributed by atoms with Crippen LogP contribution in [0.3, 0.4) is 0 Å². The number of sulfonamides is 1. The van der Waals surface area contributed by atoms with Crippen LogP contribution < -0.4 is 4.72 Å². The fourth-order valence-electron chi connectivity index (χ4n) is 3.02. The number of nitrogens with one attached hydrogen (secondary N) is 1. The number of benzene rings is 2. The van der Waals surface area contributed by atoms with Gasteiger partial charge in [0.15, 0.2) is 0 Å². The number of rotatable bonds is 4. The molecule has 37 heavy (non-hydrogen) atoms. The molecule has 0 spiro atoms. The Balaban J connectivity index is 0.000000213. The lowest BCUT2D eigenvalue weighted by Gasteiger charge is -2.19. The third kappa shape index (κ3) is 7.58. The predicted molar refractivity (Wildman–Crippen MR) is 151 cm³/mol. The molecule has 0 atom stereocenters. The van der Waals surface area contributed by atoms with E-state index in [0.29, 0.717) is 38.1 Å². The summed E-state index contributed by atoms with van der Waals surface area (Å²) in [7, 11) is -2.15. The first-order valence-corrected chi connectivity index (χ1v) is 15.7. The summed E-state index contributed by atoms with van der Waals surface area (Å²) < 4.78 is 49.5. The maximum Gasteiger partial charge on any atom is 0.261 e. The smallest absolute Gasteiger partial charge is 0.242 e. The van der Waals surface area contributed by atoms with Gasteiger partial charge in [0.05, 0.1) is 19.8 Å². The Hall–Kier alpha value is -1.43. The summed E-state index contributed by atoms with van der Waals surface area (Å²) in [6, 6.07) is 8.89. The summed E-state index contributed by atoms with van der Waals surface area (Å²) >= 11 is 23.8. The minimum atomic E-state index is -3.78. The summed E-state index contributed by atoms with van der Waals surface area (Å²) in [5, 5.41) is 3.51. The van der Waals surface area contributed by atoms with E-state index in [0.717, 1.165) is 0 Å². The van der Waals surface area contributed by atoms with Gasteiger partial charge in [0.1, 0.15) is 10.3 Å². The van der Waals surface area contributed by atoms with E-state index < -0.39 is 19.1 Å². The van der Waals surface area contributed by atoms with Crippen LogP contribution in [0, 0.1) is 5.41 Å². The van der Waals surface area contributed by atoms with E-state index in [4.69, 9.17) is 57.1 Å². The maximum absolute atomic E-state index is 12.3. The predicted octanol–water partition coefficient (Wildman–Crippen LogP) is 7.34. The molecule has 0 fully saturated rings. The molecule has 0 aliphatic rings. The Morgan fingerprint density at radius 3 is 1.59 bits per heavy atom. The average Bonchev–Trinajstić information content (AvgIpc) is 2.82. The Bertz CT molecular complexity index is 1710. The van der Waals surface area contributed by atoms with Crippen molar-refractivity contribution in [3.8, 4) is 0 Å². The Morgan fingerprint density at radius 2 is 1.16 bits per heavy atom. The normalized spacial score (nSPS) is 12.4. The topological polar surface area (TPSA) is 106 Å². The fourth-order valence-corrected chi connectivity index (χ4v) is 5.95. The summed E-state index contributed by atoms with van der Waals surface area (Å²) in [6.07, 6.45) is 2.85. The van der Waals surface area contributed by atoms with Gasteiger partial charge in [-0.3, -0.25) is 0 Å². The molecule has 0 unspecified atom stereocenters. The molecular formula is C23H20Cl5N3O4S2. The first-order valence-electron chi connectivity index (χ1n) is 10.4. The van der Waals surface area contributed by atoms with Crippen LogP contribution >= 0.6 is 57.1 Å². The Labute approximate surface area is 239 Å². The molecule has 14 heteroatoms. The van der Waals surface area contributed by atoms with Gasteiger partial charge >= 0.3 is 0 Å². The molecule has 0 amide bonds. The minimum absolute atomic E-state index is 0.0346.